The van der Waals surface area contributed by atoms with E-state index in [2.05, 4.69) is 35.6 Å². The second-order valence-corrected chi connectivity index (χ2v) is 9.47. The Morgan fingerprint density at radius 1 is 1.15 bits per heavy atom. The van der Waals surface area contributed by atoms with Crippen molar-refractivity contribution in [2.75, 3.05) is 24.3 Å². The van der Waals surface area contributed by atoms with Crippen molar-refractivity contribution < 1.29 is 14.6 Å². The van der Waals surface area contributed by atoms with Gasteiger partial charge in [-0.2, -0.15) is 0 Å². The first-order valence-electron chi connectivity index (χ1n) is 10.2. The molecule has 4 aromatic rings. The molecule has 0 radical (unpaired) electrons. The third kappa shape index (κ3) is 5.38. The number of ether oxygens (including phenoxy) is 1. The van der Waals surface area contributed by atoms with Crippen molar-refractivity contribution in [3.05, 3.63) is 47.1 Å². The van der Waals surface area contributed by atoms with Gasteiger partial charge in [-0.15, -0.1) is 0 Å². The number of rotatable bonds is 7. The van der Waals surface area contributed by atoms with E-state index in [9.17, 15) is 9.90 Å². The number of halogens is 1. The van der Waals surface area contributed by atoms with Crippen LogP contribution in [0.15, 0.2) is 30.7 Å². The topological polar surface area (TPSA) is 135 Å². The Bertz CT molecular complexity index is 1370. The number of aryl methyl sites for hydroxylation is 1. The lowest BCUT2D eigenvalue weighted by atomic mass is 10.0. The van der Waals surface area contributed by atoms with Crippen LogP contribution in [0.2, 0.25) is 5.15 Å². The number of pyridine rings is 2. The van der Waals surface area contributed by atoms with Crippen LogP contribution in [0.3, 0.4) is 0 Å². The van der Waals surface area contributed by atoms with Crippen LogP contribution in [0, 0.1) is 6.92 Å². The number of fused-ring (bicyclic) bond motifs is 1. The number of aromatic nitrogens is 5. The van der Waals surface area contributed by atoms with E-state index in [1.165, 1.54) is 30.8 Å². The summed E-state index contributed by atoms with van der Waals surface area (Å²) in [5.41, 5.74) is 1.90. The summed E-state index contributed by atoms with van der Waals surface area (Å²) in [6.07, 6.45) is 4.56. The van der Waals surface area contributed by atoms with E-state index in [0.29, 0.717) is 43.9 Å². The second-order valence-electron chi connectivity index (χ2n) is 8.10. The molecule has 0 unspecified atom stereocenters. The van der Waals surface area contributed by atoms with Crippen LogP contribution in [-0.2, 0) is 0 Å². The lowest BCUT2D eigenvalue weighted by Crippen LogP contribution is -2.29. The molecule has 4 heterocycles. The number of methoxy groups -OCH3 is 1. The molecule has 34 heavy (non-hydrogen) atoms. The number of carbonyl (C=O) groups excluding carboxylic acids is 1. The van der Waals surface area contributed by atoms with Gasteiger partial charge in [0, 0.05) is 29.6 Å². The molecule has 0 aliphatic heterocycles. The second kappa shape index (κ2) is 9.45. The fourth-order valence-corrected chi connectivity index (χ4v) is 4.05. The molecular weight excluding hydrogens is 478 g/mol. The van der Waals surface area contributed by atoms with Crippen LogP contribution >= 0.6 is 22.9 Å². The smallest absolute Gasteiger partial charge is 0.259 e. The van der Waals surface area contributed by atoms with Crippen LogP contribution in [-0.4, -0.2) is 55.2 Å². The Balaban J connectivity index is 1.63. The molecule has 1 amide bonds. The molecule has 12 heteroatoms. The van der Waals surface area contributed by atoms with E-state index in [0.717, 1.165) is 5.69 Å². The number of carbonyl (C=O) groups is 1. The number of amides is 1. The summed E-state index contributed by atoms with van der Waals surface area (Å²) < 4.78 is 5.42. The molecule has 0 aliphatic carbocycles. The Morgan fingerprint density at radius 3 is 2.68 bits per heavy atom. The lowest BCUT2D eigenvalue weighted by Gasteiger charge is -2.17. The molecule has 4 rings (SSSR count). The van der Waals surface area contributed by atoms with E-state index >= 15 is 0 Å². The highest BCUT2D eigenvalue weighted by molar-refractivity contribution is 7.22. The summed E-state index contributed by atoms with van der Waals surface area (Å²) in [5, 5.41) is 16.3. The molecule has 0 aromatic carbocycles. The highest BCUT2D eigenvalue weighted by Gasteiger charge is 2.20. The van der Waals surface area contributed by atoms with Gasteiger partial charge in [-0.3, -0.25) is 15.1 Å². The largest absolute Gasteiger partial charge is 0.494 e. The molecule has 3 N–H and O–H groups in total. The molecule has 0 bridgehead atoms. The number of anilines is 2. The number of aliphatic hydroxyl groups is 1. The van der Waals surface area contributed by atoms with E-state index in [-0.39, 0.29) is 11.7 Å². The molecular formula is C22H22ClN7O3S. The number of nitrogens with zero attached hydrogens (tertiary/aromatic N) is 5. The average Bonchev–Trinajstić information content (AvgIpc) is 3.18. The maximum atomic E-state index is 13.2. The maximum absolute atomic E-state index is 13.2. The number of hydrogen-bond acceptors (Lipinski definition) is 10. The predicted molar refractivity (Wildman–Crippen MR) is 132 cm³/mol. The molecule has 0 atom stereocenters. The molecule has 0 spiro atoms. The quantitative estimate of drug-likeness (QED) is 0.323. The molecule has 176 valence electrons. The first-order valence-corrected chi connectivity index (χ1v) is 11.4. The van der Waals surface area contributed by atoms with E-state index in [1.807, 2.05) is 6.92 Å². The van der Waals surface area contributed by atoms with Crippen LogP contribution in [0.25, 0.3) is 21.5 Å². The SMILES string of the molecule is COc1cnc(Cl)cc1-c1cc(C)ncc1C(=O)Nc1nc2cnc(NCC(C)(C)O)nc2s1. The van der Waals surface area contributed by atoms with Gasteiger partial charge in [0.25, 0.3) is 5.91 Å². The van der Waals surface area contributed by atoms with E-state index < -0.39 is 11.5 Å². The van der Waals surface area contributed by atoms with Crippen molar-refractivity contribution in [3.63, 3.8) is 0 Å². The van der Waals surface area contributed by atoms with Gasteiger partial charge in [0.15, 0.2) is 9.96 Å². The van der Waals surface area contributed by atoms with Crippen LogP contribution in [0.5, 0.6) is 5.75 Å². The monoisotopic (exact) mass is 499 g/mol. The molecule has 0 saturated carbocycles. The van der Waals surface area contributed by atoms with Crippen molar-refractivity contribution in [3.8, 4) is 16.9 Å². The third-order valence-electron chi connectivity index (χ3n) is 4.68. The van der Waals surface area contributed by atoms with Crippen molar-refractivity contribution in [1.82, 2.24) is 24.9 Å². The lowest BCUT2D eigenvalue weighted by molar-refractivity contribution is 0.0942. The summed E-state index contributed by atoms with van der Waals surface area (Å²) in [5.74, 6) is 0.443. The molecule has 0 fully saturated rings. The van der Waals surface area contributed by atoms with Gasteiger partial charge in [0.2, 0.25) is 5.95 Å². The zero-order chi connectivity index (χ0) is 24.5. The van der Waals surface area contributed by atoms with Crippen molar-refractivity contribution in [2.24, 2.45) is 0 Å². The van der Waals surface area contributed by atoms with E-state index in [1.54, 1.807) is 32.2 Å². The maximum Gasteiger partial charge on any atom is 0.259 e. The molecule has 0 saturated heterocycles. The summed E-state index contributed by atoms with van der Waals surface area (Å²) >= 11 is 7.32. The minimum Gasteiger partial charge on any atom is -0.494 e. The Morgan fingerprint density at radius 2 is 1.94 bits per heavy atom. The minimum atomic E-state index is -0.910. The molecule has 10 nitrogen and oxygen atoms in total. The van der Waals surface area contributed by atoms with Crippen molar-refractivity contribution in [2.45, 2.75) is 26.4 Å². The average molecular weight is 500 g/mol. The number of hydrogen-bond donors (Lipinski definition) is 3. The van der Waals surface area contributed by atoms with Crippen LogP contribution in [0.4, 0.5) is 11.1 Å². The van der Waals surface area contributed by atoms with Gasteiger partial charge in [-0.1, -0.05) is 22.9 Å². The Kier molecular flexibility index (Phi) is 6.60. The minimum absolute atomic E-state index is 0.273. The predicted octanol–water partition coefficient (Wildman–Crippen LogP) is 3.95. The first kappa shape index (κ1) is 23.7. The number of nitrogens with one attached hydrogen (secondary N) is 2. The number of thiazole rings is 1. The first-order chi connectivity index (χ1) is 16.1. The molecule has 0 aliphatic rings. The normalized spacial score (nSPS) is 11.5. The van der Waals surface area contributed by atoms with E-state index in [4.69, 9.17) is 16.3 Å². The fourth-order valence-electron chi connectivity index (χ4n) is 3.09. The van der Waals surface area contributed by atoms with Gasteiger partial charge in [0.1, 0.15) is 16.4 Å². The summed E-state index contributed by atoms with van der Waals surface area (Å²) in [6.45, 7) is 5.48. The standard InChI is InChI=1S/C22H22ClN7O3S/c1-11-5-12(13-6-17(23)25-9-16(13)33-4)14(7-24-11)18(31)29-21-28-15-8-26-20(30-19(15)34-21)27-10-22(2,3)32/h5-9,32H,10H2,1-4H3,(H,26,27,30)(H,28,29,31). The Hall–Kier alpha value is -3.41. The van der Waals surface area contributed by atoms with Crippen molar-refractivity contribution >= 4 is 50.3 Å². The van der Waals surface area contributed by atoms with Crippen LogP contribution < -0.4 is 15.4 Å². The zero-order valence-corrected chi connectivity index (χ0v) is 20.5. The summed E-state index contributed by atoms with van der Waals surface area (Å²) in [6, 6.07) is 3.43. The Labute approximate surface area is 204 Å². The molecule has 4 aromatic heterocycles. The summed E-state index contributed by atoms with van der Waals surface area (Å²) in [4.78, 5) is 35.1. The zero-order valence-electron chi connectivity index (χ0n) is 18.9. The third-order valence-corrected chi connectivity index (χ3v) is 5.77. The van der Waals surface area contributed by atoms with Gasteiger partial charge >= 0.3 is 0 Å². The van der Waals surface area contributed by atoms with Gasteiger partial charge in [0.05, 0.1) is 30.7 Å². The highest BCUT2D eigenvalue weighted by Crippen LogP contribution is 2.34. The summed E-state index contributed by atoms with van der Waals surface area (Å²) in [7, 11) is 1.52. The van der Waals surface area contributed by atoms with Crippen molar-refractivity contribution in [1.29, 1.82) is 0 Å². The van der Waals surface area contributed by atoms with Gasteiger partial charge in [-0.25, -0.2) is 19.9 Å². The van der Waals surface area contributed by atoms with Gasteiger partial charge in [-0.05, 0) is 32.9 Å². The fraction of sp³-hybridized carbons (Fsp3) is 0.273. The van der Waals surface area contributed by atoms with Crippen LogP contribution in [0.1, 0.15) is 29.9 Å². The highest BCUT2D eigenvalue weighted by atomic mass is 35.5. The van der Waals surface area contributed by atoms with Gasteiger partial charge < -0.3 is 15.2 Å².